The van der Waals surface area contributed by atoms with Crippen LogP contribution in [0.4, 0.5) is 0 Å². The summed E-state index contributed by atoms with van der Waals surface area (Å²) >= 11 is 0. The second-order valence-electron chi connectivity index (χ2n) is 5.67. The molecule has 2 aromatic heterocycles. The van der Waals surface area contributed by atoms with Gasteiger partial charge in [0.15, 0.2) is 0 Å². The average Bonchev–Trinajstić information content (AvgIpc) is 2.64. The van der Waals surface area contributed by atoms with E-state index in [-0.39, 0.29) is 17.0 Å². The summed E-state index contributed by atoms with van der Waals surface area (Å²) in [6.45, 7) is 3.71. The molecule has 0 radical (unpaired) electrons. The first-order valence-corrected chi connectivity index (χ1v) is 7.82. The molecule has 0 atom stereocenters. The van der Waals surface area contributed by atoms with E-state index in [0.29, 0.717) is 11.4 Å². The maximum absolute atomic E-state index is 12.9. The van der Waals surface area contributed by atoms with E-state index in [4.69, 9.17) is 15.3 Å². The molecule has 0 saturated carbocycles. The van der Waals surface area contributed by atoms with Crippen molar-refractivity contribution >= 4 is 11.7 Å². The van der Waals surface area contributed by atoms with Gasteiger partial charge in [-0.25, -0.2) is 0 Å². The molecule has 6 heteroatoms. The number of hydrogen-bond donors (Lipinski definition) is 0. The monoisotopic (exact) mass is 342 g/mol. The Balaban J connectivity index is 2.32. The number of pyridine rings is 1. The maximum atomic E-state index is 12.9. The molecule has 1 aromatic carbocycles. The molecule has 26 heavy (non-hydrogen) atoms. The largest absolute Gasteiger partial charge is 0.438 e. The number of benzene rings is 1. The Labute approximate surface area is 149 Å². The molecule has 0 amide bonds. The average molecular weight is 342 g/mol. The van der Waals surface area contributed by atoms with Crippen molar-refractivity contribution in [1.82, 2.24) is 9.38 Å². The second kappa shape index (κ2) is 6.92. The van der Waals surface area contributed by atoms with Crippen LogP contribution in [0.1, 0.15) is 16.7 Å². The van der Waals surface area contributed by atoms with Gasteiger partial charge < -0.3 is 4.74 Å². The lowest BCUT2D eigenvalue weighted by Crippen LogP contribution is -2.19. The number of rotatable bonds is 3. The summed E-state index contributed by atoms with van der Waals surface area (Å²) in [5.41, 5.74) is 1.56. The summed E-state index contributed by atoms with van der Waals surface area (Å²) < 4.78 is 7.26. The van der Waals surface area contributed by atoms with Crippen LogP contribution in [-0.4, -0.2) is 9.38 Å². The van der Waals surface area contributed by atoms with Crippen LogP contribution >= 0.6 is 0 Å². The number of nitrogens with zero attached hydrogens (tertiary/aromatic N) is 4. The van der Waals surface area contributed by atoms with E-state index >= 15 is 0 Å². The quantitative estimate of drug-likeness (QED) is 0.679. The van der Waals surface area contributed by atoms with E-state index < -0.39 is 5.56 Å². The molecule has 126 valence electrons. The van der Waals surface area contributed by atoms with Gasteiger partial charge in [0.2, 0.25) is 5.88 Å². The number of hydrogen-bond acceptors (Lipinski definition) is 5. The lowest BCUT2D eigenvalue weighted by molar-refractivity contribution is 0.457. The molecule has 0 aliphatic carbocycles. The van der Waals surface area contributed by atoms with E-state index in [9.17, 15) is 4.79 Å². The molecule has 0 saturated heterocycles. The van der Waals surface area contributed by atoms with Crippen molar-refractivity contribution in [2.75, 3.05) is 0 Å². The fourth-order valence-electron chi connectivity index (χ4n) is 2.50. The van der Waals surface area contributed by atoms with Gasteiger partial charge in [0.1, 0.15) is 34.7 Å². The molecular formula is C20H14N4O2. The van der Waals surface area contributed by atoms with Gasteiger partial charge in [-0.2, -0.15) is 15.5 Å². The Morgan fingerprint density at radius 2 is 1.81 bits per heavy atom. The number of para-hydroxylation sites is 1. The van der Waals surface area contributed by atoms with Crippen LogP contribution < -0.4 is 10.3 Å². The predicted molar refractivity (Wildman–Crippen MR) is 96.7 cm³/mol. The van der Waals surface area contributed by atoms with Crippen molar-refractivity contribution in [3.05, 3.63) is 75.2 Å². The number of fused-ring (bicyclic) bond motifs is 1. The minimum absolute atomic E-state index is 0.0504. The smallest absolute Gasteiger partial charge is 0.269 e. The standard InChI is InChI=1S/C20H14N4O2/c1-13-6-3-4-8-17(13)26-19-16(10-15(11-21)12-22)20(25)24-9-5-7-14(2)18(24)23-19/h3-10H,1-2H3. The zero-order valence-electron chi connectivity index (χ0n) is 14.2. The molecular weight excluding hydrogens is 328 g/mol. The van der Waals surface area contributed by atoms with Gasteiger partial charge in [0.05, 0.1) is 0 Å². The summed E-state index contributed by atoms with van der Waals surface area (Å²) in [5.74, 6) is 0.601. The van der Waals surface area contributed by atoms with E-state index in [2.05, 4.69) is 4.98 Å². The number of ether oxygens (including phenoxy) is 1. The fourth-order valence-corrected chi connectivity index (χ4v) is 2.50. The third kappa shape index (κ3) is 3.04. The van der Waals surface area contributed by atoms with E-state index in [1.165, 1.54) is 10.5 Å². The molecule has 0 N–H and O–H groups in total. The van der Waals surface area contributed by atoms with E-state index in [0.717, 1.165) is 11.1 Å². The molecule has 0 aliphatic rings. The zero-order valence-corrected chi connectivity index (χ0v) is 14.2. The van der Waals surface area contributed by atoms with Crippen molar-refractivity contribution in [1.29, 1.82) is 10.5 Å². The number of aromatic nitrogens is 2. The van der Waals surface area contributed by atoms with Crippen LogP contribution in [0, 0.1) is 36.5 Å². The third-order valence-electron chi connectivity index (χ3n) is 3.88. The van der Waals surface area contributed by atoms with Gasteiger partial charge in [0.25, 0.3) is 5.56 Å². The van der Waals surface area contributed by atoms with Gasteiger partial charge >= 0.3 is 0 Å². The molecule has 6 nitrogen and oxygen atoms in total. The second-order valence-corrected chi connectivity index (χ2v) is 5.67. The zero-order chi connectivity index (χ0) is 18.7. The summed E-state index contributed by atoms with van der Waals surface area (Å²) in [4.78, 5) is 17.4. The summed E-state index contributed by atoms with van der Waals surface area (Å²) in [5, 5.41) is 18.1. The lowest BCUT2D eigenvalue weighted by Gasteiger charge is -2.12. The Hall–Kier alpha value is -3.90. The third-order valence-corrected chi connectivity index (χ3v) is 3.88. The van der Waals surface area contributed by atoms with Crippen LogP contribution in [0.3, 0.4) is 0 Å². The predicted octanol–water partition coefficient (Wildman–Crippen LogP) is 3.53. The van der Waals surface area contributed by atoms with Crippen molar-refractivity contribution in [3.63, 3.8) is 0 Å². The highest BCUT2D eigenvalue weighted by molar-refractivity contribution is 5.66. The lowest BCUT2D eigenvalue weighted by atomic mass is 10.2. The van der Waals surface area contributed by atoms with Crippen molar-refractivity contribution in [3.8, 4) is 23.8 Å². The van der Waals surface area contributed by atoms with Crippen LogP contribution in [-0.2, 0) is 0 Å². The minimum atomic E-state index is -0.412. The summed E-state index contributed by atoms with van der Waals surface area (Å²) in [6, 6.07) is 14.4. The minimum Gasteiger partial charge on any atom is -0.438 e. The fraction of sp³-hybridized carbons (Fsp3) is 0.100. The Morgan fingerprint density at radius 1 is 1.12 bits per heavy atom. The van der Waals surface area contributed by atoms with Crippen LogP contribution in [0.15, 0.2) is 53.0 Å². The maximum Gasteiger partial charge on any atom is 0.269 e. The van der Waals surface area contributed by atoms with Gasteiger partial charge in [-0.05, 0) is 43.2 Å². The first-order valence-electron chi connectivity index (χ1n) is 7.82. The van der Waals surface area contributed by atoms with E-state index in [1.807, 2.05) is 38.1 Å². The van der Waals surface area contributed by atoms with Crippen molar-refractivity contribution < 1.29 is 4.74 Å². The van der Waals surface area contributed by atoms with Gasteiger partial charge in [-0.1, -0.05) is 24.3 Å². The van der Waals surface area contributed by atoms with Crippen LogP contribution in [0.2, 0.25) is 0 Å². The molecule has 0 fully saturated rings. The first-order chi connectivity index (χ1) is 12.5. The molecule has 2 heterocycles. The SMILES string of the molecule is Cc1ccccc1Oc1nc2c(C)cccn2c(=O)c1C=C(C#N)C#N. The van der Waals surface area contributed by atoms with Crippen molar-refractivity contribution in [2.24, 2.45) is 0 Å². The molecule has 0 unspecified atom stereocenters. The highest BCUT2D eigenvalue weighted by Crippen LogP contribution is 2.26. The van der Waals surface area contributed by atoms with Crippen molar-refractivity contribution in [2.45, 2.75) is 13.8 Å². The summed E-state index contributed by atoms with van der Waals surface area (Å²) in [6.07, 6.45) is 2.79. The molecule has 3 aromatic rings. The summed E-state index contributed by atoms with van der Waals surface area (Å²) in [7, 11) is 0. The number of allylic oxidation sites excluding steroid dienone is 1. The van der Waals surface area contributed by atoms with Gasteiger partial charge in [-0.3, -0.25) is 9.20 Å². The Morgan fingerprint density at radius 3 is 2.50 bits per heavy atom. The molecule has 0 bridgehead atoms. The highest BCUT2D eigenvalue weighted by atomic mass is 16.5. The molecule has 0 spiro atoms. The highest BCUT2D eigenvalue weighted by Gasteiger charge is 2.16. The molecule has 3 rings (SSSR count). The van der Waals surface area contributed by atoms with Crippen LogP contribution in [0.5, 0.6) is 11.6 Å². The normalized spacial score (nSPS) is 10.0. The number of aryl methyl sites for hydroxylation is 2. The Bertz CT molecular complexity index is 1160. The first kappa shape index (κ1) is 16.9. The van der Waals surface area contributed by atoms with Gasteiger partial charge in [0, 0.05) is 6.20 Å². The number of nitriles is 2. The topological polar surface area (TPSA) is 91.2 Å². The van der Waals surface area contributed by atoms with E-state index in [1.54, 1.807) is 30.5 Å². The van der Waals surface area contributed by atoms with Gasteiger partial charge in [-0.15, -0.1) is 0 Å². The van der Waals surface area contributed by atoms with Crippen LogP contribution in [0.25, 0.3) is 11.7 Å². The molecule has 0 aliphatic heterocycles. The Kier molecular flexibility index (Phi) is 4.51.